The van der Waals surface area contributed by atoms with Crippen molar-refractivity contribution in [1.29, 1.82) is 0 Å². The van der Waals surface area contributed by atoms with Crippen molar-refractivity contribution in [3.63, 3.8) is 0 Å². The molecule has 0 radical (unpaired) electrons. The summed E-state index contributed by atoms with van der Waals surface area (Å²) in [7, 11) is 0. The molecule has 0 fully saturated rings. The van der Waals surface area contributed by atoms with Gasteiger partial charge < -0.3 is 0 Å². The van der Waals surface area contributed by atoms with E-state index in [9.17, 15) is 4.79 Å². The number of aliphatic carboxylic acids is 1. The van der Waals surface area contributed by atoms with E-state index in [1.54, 1.807) is 6.08 Å². The first-order valence-electron chi connectivity index (χ1n) is 1.87. The van der Waals surface area contributed by atoms with Crippen molar-refractivity contribution in [3.05, 3.63) is 12.2 Å². The van der Waals surface area contributed by atoms with Gasteiger partial charge >= 0.3 is 50.1 Å². The first-order chi connectivity index (χ1) is 3.27. The average molecular weight is 162 g/mol. The predicted octanol–water partition coefficient (Wildman–Crippen LogP) is -0.321. The summed E-state index contributed by atoms with van der Waals surface area (Å²) in [4.78, 5) is 9.68. The van der Waals surface area contributed by atoms with Gasteiger partial charge in [0.15, 0.2) is 0 Å². The molecule has 0 saturated carbocycles. The molecule has 40 valence electrons. The van der Waals surface area contributed by atoms with Crippen LogP contribution < -0.4 is 0 Å². The van der Waals surface area contributed by atoms with Crippen molar-refractivity contribution in [2.45, 2.75) is 5.21 Å². The van der Waals surface area contributed by atoms with Gasteiger partial charge in [0, 0.05) is 0 Å². The molecule has 1 unspecified atom stereocenters. The molecule has 3 heteroatoms. The van der Waals surface area contributed by atoms with Gasteiger partial charge in [-0.05, 0) is 0 Å². The Bertz CT molecular complexity index is 87.7. The fourth-order valence-corrected chi connectivity index (χ4v) is 0.454. The van der Waals surface area contributed by atoms with E-state index in [1.165, 1.54) is 16.9 Å². The van der Waals surface area contributed by atoms with Crippen LogP contribution >= 0.6 is 0 Å². The summed E-state index contributed by atoms with van der Waals surface area (Å²) < 4.78 is 0. The first-order valence-corrected chi connectivity index (χ1v) is 3.58. The Morgan fingerprint density at radius 1 is 1.86 bits per heavy atom. The molecule has 0 spiro atoms. The number of carboxylic acid groups (broad SMARTS) is 1. The third-order valence-electron chi connectivity index (χ3n) is 0.397. The molecule has 0 amide bonds. The van der Waals surface area contributed by atoms with Crippen LogP contribution in [0, 0.1) is 0 Å². The maximum absolute atomic E-state index is 9.68. The van der Waals surface area contributed by atoms with Gasteiger partial charge in [-0.2, -0.15) is 0 Å². The molecule has 1 N–H and O–H groups in total. The molecule has 0 saturated heterocycles. The third-order valence-corrected chi connectivity index (χ3v) is 0.968. The van der Waals surface area contributed by atoms with Crippen LogP contribution in [0.4, 0.5) is 0 Å². The van der Waals surface area contributed by atoms with Gasteiger partial charge in [-0.15, -0.1) is 0 Å². The van der Waals surface area contributed by atoms with Crippen LogP contribution in [-0.2, 0) is 4.79 Å². The average Bonchev–Trinajstić information content (AvgIpc) is 1.61. The second-order valence-corrected chi connectivity index (χ2v) is 1.97. The van der Waals surface area contributed by atoms with E-state index < -0.39 is 5.97 Å². The van der Waals surface area contributed by atoms with E-state index in [1.807, 2.05) is 0 Å². The molecule has 0 heterocycles. The molecule has 0 bridgehead atoms. The summed E-state index contributed by atoms with van der Waals surface area (Å²) >= 11 is 1.51. The second kappa shape index (κ2) is 3.94. The number of allylic oxidation sites excluding steroid dienone is 1. The molecule has 1 atom stereocenters. The molecule has 0 aliphatic rings. The van der Waals surface area contributed by atoms with Crippen molar-refractivity contribution in [1.82, 2.24) is 0 Å². The molecule has 0 aliphatic carbocycles. The summed E-state index contributed by atoms with van der Waals surface area (Å²) in [5, 5.41) is 8.81. The molecule has 7 heavy (non-hydrogen) atoms. The van der Waals surface area contributed by atoms with Gasteiger partial charge in [-0.1, -0.05) is 0 Å². The Morgan fingerprint density at radius 3 is 2.57 bits per heavy atom. The molecule has 2 nitrogen and oxygen atoms in total. The van der Waals surface area contributed by atoms with Crippen LogP contribution in [0.25, 0.3) is 0 Å². The zero-order valence-corrected chi connectivity index (χ0v) is 6.22. The SMILES string of the molecule is O=C(O)C=CC[AsH2]. The molecule has 0 aromatic heterocycles. The van der Waals surface area contributed by atoms with Gasteiger partial charge in [0.1, 0.15) is 0 Å². The van der Waals surface area contributed by atoms with Crippen molar-refractivity contribution in [2.75, 3.05) is 0 Å². The number of carbonyl (C=O) groups is 1. The molecule has 0 aromatic rings. The number of carboxylic acids is 1. The second-order valence-electron chi connectivity index (χ2n) is 0.976. The quantitative estimate of drug-likeness (QED) is 0.446. The summed E-state index contributed by atoms with van der Waals surface area (Å²) in [6.45, 7) is 0. The van der Waals surface area contributed by atoms with Crippen LogP contribution in [0.15, 0.2) is 12.2 Å². The van der Waals surface area contributed by atoms with Crippen LogP contribution in [0.3, 0.4) is 0 Å². The van der Waals surface area contributed by atoms with Crippen LogP contribution in [0.5, 0.6) is 0 Å². The van der Waals surface area contributed by atoms with Crippen molar-refractivity contribution < 1.29 is 9.90 Å². The third kappa shape index (κ3) is 5.77. The fourth-order valence-electron chi connectivity index (χ4n) is 0.169. The predicted molar refractivity (Wildman–Crippen MR) is 30.1 cm³/mol. The first kappa shape index (κ1) is 6.77. The summed E-state index contributed by atoms with van der Waals surface area (Å²) in [5.41, 5.74) is 0. The molecular weight excluding hydrogens is 155 g/mol. The Kier molecular flexibility index (Phi) is 3.81. The molecule has 0 rings (SSSR count). The number of rotatable bonds is 2. The summed E-state index contributed by atoms with van der Waals surface area (Å²) in [6.07, 6.45) is 2.78. The normalized spacial score (nSPS) is 9.86. The van der Waals surface area contributed by atoms with Crippen molar-refractivity contribution in [3.8, 4) is 0 Å². The Balaban J connectivity index is 3.26. The zero-order chi connectivity index (χ0) is 5.70. The van der Waals surface area contributed by atoms with E-state index in [2.05, 4.69) is 0 Å². The van der Waals surface area contributed by atoms with E-state index >= 15 is 0 Å². The van der Waals surface area contributed by atoms with Gasteiger partial charge in [-0.3, -0.25) is 0 Å². The monoisotopic (exact) mass is 162 g/mol. The molecular formula is C4H7AsO2. The van der Waals surface area contributed by atoms with E-state index in [-0.39, 0.29) is 0 Å². The topological polar surface area (TPSA) is 37.3 Å². The fraction of sp³-hybridized carbons (Fsp3) is 0.250. The minimum absolute atomic E-state index is 0.847. The van der Waals surface area contributed by atoms with Crippen LogP contribution in [-0.4, -0.2) is 27.9 Å². The zero-order valence-electron chi connectivity index (χ0n) is 3.79. The number of hydrogen-bond donors (Lipinski definition) is 1. The Hall–Kier alpha value is -0.232. The van der Waals surface area contributed by atoms with Crippen molar-refractivity contribution >= 4 is 22.8 Å². The summed E-state index contributed by atoms with van der Waals surface area (Å²) in [6, 6.07) is 0. The Labute approximate surface area is 50.7 Å². The van der Waals surface area contributed by atoms with Gasteiger partial charge in [-0.25, -0.2) is 0 Å². The molecule has 0 aromatic carbocycles. The number of hydrogen-bond acceptors (Lipinski definition) is 1. The minimum atomic E-state index is -0.863. The maximum atomic E-state index is 9.68. The van der Waals surface area contributed by atoms with E-state index in [0.29, 0.717) is 0 Å². The van der Waals surface area contributed by atoms with Gasteiger partial charge in [0.05, 0.1) is 0 Å². The standard InChI is InChI=1S/C4H7AsO2/c5-3-1-2-4(6)7/h1-2H,3,5H2,(H,6,7). The van der Waals surface area contributed by atoms with Crippen LogP contribution in [0.2, 0.25) is 5.21 Å². The molecule has 0 aliphatic heterocycles. The van der Waals surface area contributed by atoms with E-state index in [4.69, 9.17) is 5.11 Å². The van der Waals surface area contributed by atoms with E-state index in [0.717, 1.165) is 11.3 Å². The van der Waals surface area contributed by atoms with Crippen molar-refractivity contribution in [2.24, 2.45) is 0 Å². The Morgan fingerprint density at radius 2 is 2.43 bits per heavy atom. The van der Waals surface area contributed by atoms with Gasteiger partial charge in [0.2, 0.25) is 0 Å². The van der Waals surface area contributed by atoms with Crippen LogP contribution in [0.1, 0.15) is 0 Å². The summed E-state index contributed by atoms with van der Waals surface area (Å²) in [5.74, 6) is -0.863. The van der Waals surface area contributed by atoms with Gasteiger partial charge in [0.25, 0.3) is 0 Å².